The van der Waals surface area contributed by atoms with Crippen molar-refractivity contribution in [2.24, 2.45) is 11.8 Å². The van der Waals surface area contributed by atoms with Crippen LogP contribution in [-0.2, 0) is 17.4 Å². The molecule has 0 radical (unpaired) electrons. The van der Waals surface area contributed by atoms with Crippen molar-refractivity contribution in [2.75, 3.05) is 38.5 Å². The van der Waals surface area contributed by atoms with E-state index >= 15 is 0 Å². The van der Waals surface area contributed by atoms with Crippen LogP contribution in [0.25, 0.3) is 0 Å². The van der Waals surface area contributed by atoms with E-state index in [1.54, 1.807) is 24.3 Å². The van der Waals surface area contributed by atoms with E-state index in [1.165, 1.54) is 0 Å². The molecule has 2 aliphatic rings. The Morgan fingerprint density at radius 1 is 1.08 bits per heavy atom. The molecule has 11 heteroatoms. The fourth-order valence-corrected chi connectivity index (χ4v) is 5.15. The number of likely N-dealkylation sites (N-methyl/N-ethyl adjacent to an activating group) is 1. The van der Waals surface area contributed by atoms with Crippen LogP contribution in [0.3, 0.4) is 0 Å². The van der Waals surface area contributed by atoms with Gasteiger partial charge in [0.1, 0.15) is 0 Å². The number of alkyl halides is 3. The van der Waals surface area contributed by atoms with Gasteiger partial charge in [-0.2, -0.15) is 13.2 Å². The second-order valence-corrected chi connectivity index (χ2v) is 10.5. The number of piperazine rings is 1. The third-order valence-electron chi connectivity index (χ3n) is 7.23. The van der Waals surface area contributed by atoms with Gasteiger partial charge in [-0.25, -0.2) is 9.97 Å². The maximum absolute atomic E-state index is 13.8. The van der Waals surface area contributed by atoms with Crippen LogP contribution in [0.2, 0.25) is 0 Å². The zero-order chi connectivity index (χ0) is 27.4. The van der Waals surface area contributed by atoms with Crippen LogP contribution in [-0.4, -0.2) is 70.9 Å². The monoisotopic (exact) mass is 532 g/mol. The molecule has 1 aromatic heterocycles. The summed E-state index contributed by atoms with van der Waals surface area (Å²) in [7, 11) is 2.02. The molecule has 2 amide bonds. The fourth-order valence-electron chi connectivity index (χ4n) is 5.15. The third kappa shape index (κ3) is 6.80. The van der Waals surface area contributed by atoms with Gasteiger partial charge >= 0.3 is 6.18 Å². The van der Waals surface area contributed by atoms with E-state index in [-0.39, 0.29) is 47.8 Å². The van der Waals surface area contributed by atoms with E-state index < -0.39 is 11.7 Å². The van der Waals surface area contributed by atoms with Crippen molar-refractivity contribution in [1.82, 2.24) is 25.1 Å². The average molecular weight is 533 g/mol. The number of nitrogens with zero attached hydrogens (tertiary/aromatic N) is 4. The van der Waals surface area contributed by atoms with Crippen molar-refractivity contribution in [2.45, 2.75) is 51.7 Å². The van der Waals surface area contributed by atoms with Crippen molar-refractivity contribution in [3.63, 3.8) is 0 Å². The second kappa shape index (κ2) is 11.7. The Morgan fingerprint density at radius 3 is 2.39 bits per heavy atom. The van der Waals surface area contributed by atoms with E-state index in [0.717, 1.165) is 25.7 Å². The first-order valence-electron chi connectivity index (χ1n) is 13.1. The molecule has 0 bridgehead atoms. The minimum atomic E-state index is -4.60. The lowest BCUT2D eigenvalue weighted by Crippen LogP contribution is -2.47. The molecule has 2 N–H and O–H groups in total. The third-order valence-corrected chi connectivity index (χ3v) is 7.23. The maximum Gasteiger partial charge on any atom is 0.419 e. The Bertz CT molecular complexity index is 1130. The maximum atomic E-state index is 13.8. The van der Waals surface area contributed by atoms with Crippen LogP contribution in [0.5, 0.6) is 0 Å². The number of rotatable bonds is 7. The van der Waals surface area contributed by atoms with Gasteiger partial charge in [-0.15, -0.1) is 0 Å². The summed E-state index contributed by atoms with van der Waals surface area (Å²) in [4.78, 5) is 37.5. The zero-order valence-electron chi connectivity index (χ0n) is 22.0. The number of nitrogens with one attached hydrogen (secondary N) is 2. The van der Waals surface area contributed by atoms with Crippen molar-refractivity contribution < 1.29 is 22.8 Å². The van der Waals surface area contributed by atoms with Crippen molar-refractivity contribution in [1.29, 1.82) is 0 Å². The number of carbonyl (C=O) groups is 2. The molecule has 2 atom stereocenters. The van der Waals surface area contributed by atoms with Gasteiger partial charge in [0.15, 0.2) is 0 Å². The normalized spacial score (nSPS) is 20.6. The van der Waals surface area contributed by atoms with Gasteiger partial charge in [-0.05, 0) is 70.3 Å². The number of hydrogen-bond acceptors (Lipinski definition) is 6. The Balaban J connectivity index is 1.49. The Hall–Kier alpha value is -3.21. The Morgan fingerprint density at radius 2 is 1.76 bits per heavy atom. The summed E-state index contributed by atoms with van der Waals surface area (Å²) in [5.74, 6) is -0.694. The predicted molar refractivity (Wildman–Crippen MR) is 138 cm³/mol. The van der Waals surface area contributed by atoms with Crippen LogP contribution in [0.4, 0.5) is 24.8 Å². The lowest BCUT2D eigenvalue weighted by molar-refractivity contribution is -0.138. The zero-order valence-corrected chi connectivity index (χ0v) is 22.0. The minimum Gasteiger partial charge on any atom is -0.354 e. The van der Waals surface area contributed by atoms with Crippen LogP contribution in [0, 0.1) is 11.8 Å². The number of carbonyl (C=O) groups excluding carboxylic acids is 2. The SMILES string of the molecule is CC(C)NC(=O)[C@H]1CCC[C@H]1Cc1nc(Nc2ccc(C(=O)N3CCN(C)CC3)cc2)ncc1C(F)(F)F. The molecule has 38 heavy (non-hydrogen) atoms. The van der Waals surface area contributed by atoms with Crippen molar-refractivity contribution in [3.05, 3.63) is 47.3 Å². The van der Waals surface area contributed by atoms with E-state index in [9.17, 15) is 22.8 Å². The summed E-state index contributed by atoms with van der Waals surface area (Å²) in [6, 6.07) is 6.71. The molecule has 8 nitrogen and oxygen atoms in total. The smallest absolute Gasteiger partial charge is 0.354 e. The second-order valence-electron chi connectivity index (χ2n) is 10.5. The standard InChI is InChI=1S/C27H35F3N6O2/c1-17(2)32-24(37)21-6-4-5-19(21)15-23-22(27(28,29)30)16-31-26(34-23)33-20-9-7-18(8-10-20)25(38)36-13-11-35(3)12-14-36/h7-10,16-17,19,21H,4-6,11-15H2,1-3H3,(H,32,37)(H,31,33,34)/t19-,21-/m0/s1. The number of amides is 2. The summed E-state index contributed by atoms with van der Waals surface area (Å²) < 4.78 is 41.4. The summed E-state index contributed by atoms with van der Waals surface area (Å²) in [6.45, 7) is 6.70. The van der Waals surface area contributed by atoms with Gasteiger partial charge in [0.2, 0.25) is 11.9 Å². The molecule has 2 heterocycles. The van der Waals surface area contributed by atoms with Gasteiger partial charge < -0.3 is 20.4 Å². The predicted octanol–water partition coefficient (Wildman–Crippen LogP) is 4.11. The van der Waals surface area contributed by atoms with Crippen molar-refractivity contribution in [3.8, 4) is 0 Å². The van der Waals surface area contributed by atoms with Gasteiger partial charge in [0.25, 0.3) is 5.91 Å². The van der Waals surface area contributed by atoms with Gasteiger partial charge in [-0.1, -0.05) is 6.42 Å². The first-order valence-corrected chi connectivity index (χ1v) is 13.1. The summed E-state index contributed by atoms with van der Waals surface area (Å²) >= 11 is 0. The Labute approximate surface area is 221 Å². The lowest BCUT2D eigenvalue weighted by atomic mass is 9.89. The quantitative estimate of drug-likeness (QED) is 0.558. The summed E-state index contributed by atoms with van der Waals surface area (Å²) in [5.41, 5.74) is 0.0963. The molecule has 1 aliphatic heterocycles. The highest BCUT2D eigenvalue weighted by Gasteiger charge is 2.39. The molecule has 0 unspecified atom stereocenters. The van der Waals surface area contributed by atoms with E-state index in [1.807, 2.05) is 25.8 Å². The van der Waals surface area contributed by atoms with Crippen LogP contribution >= 0.6 is 0 Å². The molecule has 206 valence electrons. The lowest BCUT2D eigenvalue weighted by Gasteiger charge is -2.32. The highest BCUT2D eigenvalue weighted by atomic mass is 19.4. The largest absolute Gasteiger partial charge is 0.419 e. The molecule has 1 saturated carbocycles. The molecule has 1 saturated heterocycles. The molecule has 2 aromatic rings. The number of hydrogen-bond donors (Lipinski definition) is 2. The van der Waals surface area contributed by atoms with E-state index in [4.69, 9.17) is 0 Å². The number of anilines is 2. The molecular formula is C27H35F3N6O2. The van der Waals surface area contributed by atoms with Crippen LogP contribution < -0.4 is 10.6 Å². The Kier molecular flexibility index (Phi) is 8.54. The number of halogens is 3. The first kappa shape index (κ1) is 27.8. The van der Waals surface area contributed by atoms with E-state index in [0.29, 0.717) is 37.2 Å². The summed E-state index contributed by atoms with van der Waals surface area (Å²) in [6.07, 6.45) is -1.65. The van der Waals surface area contributed by atoms with E-state index in [2.05, 4.69) is 25.5 Å². The van der Waals surface area contributed by atoms with Crippen molar-refractivity contribution >= 4 is 23.5 Å². The van der Waals surface area contributed by atoms with Crippen LogP contribution in [0.15, 0.2) is 30.5 Å². The molecular weight excluding hydrogens is 497 g/mol. The molecule has 2 fully saturated rings. The highest BCUT2D eigenvalue weighted by molar-refractivity contribution is 5.94. The fraction of sp³-hybridized carbons (Fsp3) is 0.556. The first-order chi connectivity index (χ1) is 18.0. The van der Waals surface area contributed by atoms with Gasteiger partial charge in [0, 0.05) is 55.6 Å². The van der Waals surface area contributed by atoms with Gasteiger partial charge in [0.05, 0.1) is 11.3 Å². The number of benzene rings is 1. The molecule has 1 aliphatic carbocycles. The topological polar surface area (TPSA) is 90.5 Å². The average Bonchev–Trinajstić information content (AvgIpc) is 3.32. The number of aromatic nitrogens is 2. The minimum absolute atomic E-state index is 0.0346. The summed E-state index contributed by atoms with van der Waals surface area (Å²) in [5, 5.41) is 5.85. The molecule has 1 aromatic carbocycles. The van der Waals surface area contributed by atoms with Gasteiger partial charge in [-0.3, -0.25) is 9.59 Å². The highest BCUT2D eigenvalue weighted by Crippen LogP contribution is 2.38. The molecule has 4 rings (SSSR count). The van der Waals surface area contributed by atoms with Crippen LogP contribution in [0.1, 0.15) is 54.7 Å². The molecule has 0 spiro atoms.